The molecule has 30 heavy (non-hydrogen) atoms. The maximum absolute atomic E-state index is 12.7. The molecule has 1 aromatic carbocycles. The minimum Gasteiger partial charge on any atom is -0.343 e. The lowest BCUT2D eigenvalue weighted by Crippen LogP contribution is -2.39. The number of hydrogen-bond donors (Lipinski definition) is 0. The third-order valence-electron chi connectivity index (χ3n) is 6.46. The SMILES string of the molecule is O=C(CCCn1cncn1)N1CCC(CCC(=O)N2CCc3ccccc3C2)CC1. The summed E-state index contributed by atoms with van der Waals surface area (Å²) < 4.78 is 1.76. The van der Waals surface area contributed by atoms with Gasteiger partial charge >= 0.3 is 0 Å². The first-order valence-electron chi connectivity index (χ1n) is 11.1. The van der Waals surface area contributed by atoms with Crippen LogP contribution in [0.3, 0.4) is 0 Å². The number of carbonyl (C=O) groups excluding carboxylic acids is 2. The number of aromatic nitrogens is 3. The van der Waals surface area contributed by atoms with E-state index in [9.17, 15) is 9.59 Å². The summed E-state index contributed by atoms with van der Waals surface area (Å²) in [7, 11) is 0. The molecule has 1 aromatic heterocycles. The van der Waals surface area contributed by atoms with Crippen LogP contribution in [-0.2, 0) is 29.1 Å². The van der Waals surface area contributed by atoms with Crippen LogP contribution in [0.5, 0.6) is 0 Å². The molecule has 1 fully saturated rings. The fraction of sp³-hybridized carbons (Fsp3) is 0.565. The van der Waals surface area contributed by atoms with Gasteiger partial charge in [-0.25, -0.2) is 4.98 Å². The second kappa shape index (κ2) is 9.87. The van der Waals surface area contributed by atoms with E-state index in [1.807, 2.05) is 9.80 Å². The highest BCUT2D eigenvalue weighted by Gasteiger charge is 2.25. The molecule has 0 atom stereocenters. The van der Waals surface area contributed by atoms with Crippen LogP contribution in [0.4, 0.5) is 0 Å². The quantitative estimate of drug-likeness (QED) is 0.705. The Labute approximate surface area is 178 Å². The van der Waals surface area contributed by atoms with E-state index in [1.54, 1.807) is 11.0 Å². The van der Waals surface area contributed by atoms with E-state index in [0.29, 0.717) is 18.8 Å². The molecule has 0 saturated carbocycles. The highest BCUT2D eigenvalue weighted by Crippen LogP contribution is 2.24. The van der Waals surface area contributed by atoms with Crippen molar-refractivity contribution in [3.8, 4) is 0 Å². The van der Waals surface area contributed by atoms with Crippen molar-refractivity contribution in [3.63, 3.8) is 0 Å². The zero-order valence-electron chi connectivity index (χ0n) is 17.6. The number of likely N-dealkylation sites (tertiary alicyclic amines) is 1. The number of carbonyl (C=O) groups is 2. The Morgan fingerprint density at radius 3 is 2.50 bits per heavy atom. The number of amides is 2. The van der Waals surface area contributed by atoms with E-state index in [4.69, 9.17) is 0 Å². The van der Waals surface area contributed by atoms with Gasteiger partial charge in [0.1, 0.15) is 12.7 Å². The van der Waals surface area contributed by atoms with Gasteiger partial charge in [-0.15, -0.1) is 0 Å². The minimum atomic E-state index is 0.233. The fourth-order valence-electron chi connectivity index (χ4n) is 4.56. The summed E-state index contributed by atoms with van der Waals surface area (Å²) in [5.41, 5.74) is 2.66. The average molecular weight is 410 g/mol. The maximum atomic E-state index is 12.7. The minimum absolute atomic E-state index is 0.233. The Balaban J connectivity index is 1.14. The van der Waals surface area contributed by atoms with Gasteiger partial charge in [-0.1, -0.05) is 24.3 Å². The zero-order valence-corrected chi connectivity index (χ0v) is 17.6. The molecular formula is C23H31N5O2. The molecule has 160 valence electrons. The molecule has 2 amide bonds. The second-order valence-electron chi connectivity index (χ2n) is 8.46. The van der Waals surface area contributed by atoms with Gasteiger partial charge in [-0.3, -0.25) is 14.3 Å². The monoisotopic (exact) mass is 409 g/mol. The van der Waals surface area contributed by atoms with E-state index < -0.39 is 0 Å². The summed E-state index contributed by atoms with van der Waals surface area (Å²) in [6.07, 6.45) is 9.07. The average Bonchev–Trinajstić information content (AvgIpc) is 3.31. The van der Waals surface area contributed by atoms with Crippen molar-refractivity contribution < 1.29 is 9.59 Å². The molecule has 0 bridgehead atoms. The van der Waals surface area contributed by atoms with Gasteiger partial charge in [0.15, 0.2) is 0 Å². The molecular weight excluding hydrogens is 378 g/mol. The van der Waals surface area contributed by atoms with Gasteiger partial charge in [0.05, 0.1) is 0 Å². The second-order valence-corrected chi connectivity index (χ2v) is 8.46. The number of fused-ring (bicyclic) bond motifs is 1. The van der Waals surface area contributed by atoms with E-state index in [1.165, 1.54) is 17.5 Å². The molecule has 0 aliphatic carbocycles. The van der Waals surface area contributed by atoms with Crippen molar-refractivity contribution >= 4 is 11.8 Å². The summed E-state index contributed by atoms with van der Waals surface area (Å²) >= 11 is 0. The van der Waals surface area contributed by atoms with E-state index in [-0.39, 0.29) is 11.8 Å². The van der Waals surface area contributed by atoms with Crippen LogP contribution < -0.4 is 0 Å². The van der Waals surface area contributed by atoms with E-state index in [0.717, 1.165) is 64.8 Å². The Bertz CT molecular complexity index is 843. The molecule has 4 rings (SSSR count). The first-order chi connectivity index (χ1) is 14.7. The highest BCUT2D eigenvalue weighted by atomic mass is 16.2. The topological polar surface area (TPSA) is 71.3 Å². The van der Waals surface area contributed by atoms with Crippen molar-refractivity contribution in [1.29, 1.82) is 0 Å². The number of piperidine rings is 1. The van der Waals surface area contributed by atoms with Crippen LogP contribution in [0.25, 0.3) is 0 Å². The smallest absolute Gasteiger partial charge is 0.222 e. The molecule has 0 N–H and O–H groups in total. The highest BCUT2D eigenvalue weighted by molar-refractivity contribution is 5.77. The lowest BCUT2D eigenvalue weighted by atomic mass is 9.91. The standard InChI is InChI=1S/C23H31N5O2/c29-22(6-3-12-28-18-24-17-25-28)26-13-9-19(10-14-26)7-8-23(30)27-15-11-20-4-1-2-5-21(20)16-27/h1-2,4-5,17-19H,3,6-16H2. The molecule has 2 aromatic rings. The van der Waals surface area contributed by atoms with Gasteiger partial charge < -0.3 is 9.80 Å². The van der Waals surface area contributed by atoms with Crippen molar-refractivity contribution in [1.82, 2.24) is 24.6 Å². The summed E-state index contributed by atoms with van der Waals surface area (Å²) in [4.78, 5) is 33.0. The predicted molar refractivity (Wildman–Crippen MR) is 113 cm³/mol. The molecule has 7 heteroatoms. The van der Waals surface area contributed by atoms with Crippen LogP contribution in [0.15, 0.2) is 36.9 Å². The third kappa shape index (κ3) is 5.26. The number of aryl methyl sites for hydroxylation is 1. The number of hydrogen-bond acceptors (Lipinski definition) is 4. The molecule has 0 unspecified atom stereocenters. The van der Waals surface area contributed by atoms with Crippen LogP contribution in [0.2, 0.25) is 0 Å². The van der Waals surface area contributed by atoms with Crippen LogP contribution in [0.1, 0.15) is 49.7 Å². The number of nitrogens with zero attached hydrogens (tertiary/aromatic N) is 5. The molecule has 0 spiro atoms. The largest absolute Gasteiger partial charge is 0.343 e. The molecule has 3 heterocycles. The van der Waals surface area contributed by atoms with Crippen LogP contribution in [-0.4, -0.2) is 56.0 Å². The van der Waals surface area contributed by atoms with Crippen molar-refractivity contribution in [3.05, 3.63) is 48.0 Å². The van der Waals surface area contributed by atoms with E-state index >= 15 is 0 Å². The summed E-state index contributed by atoms with van der Waals surface area (Å²) in [5, 5.41) is 4.06. The Morgan fingerprint density at radius 1 is 0.967 bits per heavy atom. The van der Waals surface area contributed by atoms with Crippen molar-refractivity contribution in [2.45, 2.75) is 58.0 Å². The number of rotatable bonds is 7. The summed E-state index contributed by atoms with van der Waals surface area (Å²) in [6.45, 7) is 3.94. The third-order valence-corrected chi connectivity index (χ3v) is 6.46. The van der Waals surface area contributed by atoms with Crippen molar-refractivity contribution in [2.24, 2.45) is 5.92 Å². The van der Waals surface area contributed by atoms with Gasteiger partial charge in [-0.05, 0) is 49.1 Å². The molecule has 7 nitrogen and oxygen atoms in total. The lowest BCUT2D eigenvalue weighted by Gasteiger charge is -2.33. The van der Waals surface area contributed by atoms with Crippen molar-refractivity contribution in [2.75, 3.05) is 19.6 Å². The summed E-state index contributed by atoms with van der Waals surface area (Å²) in [5.74, 6) is 1.05. The molecule has 0 radical (unpaired) electrons. The van der Waals surface area contributed by atoms with Gasteiger partial charge in [0, 0.05) is 45.6 Å². The summed E-state index contributed by atoms with van der Waals surface area (Å²) in [6, 6.07) is 8.43. The molecule has 1 saturated heterocycles. The first kappa shape index (κ1) is 20.6. The van der Waals surface area contributed by atoms with Crippen LogP contribution >= 0.6 is 0 Å². The molecule has 2 aliphatic heterocycles. The lowest BCUT2D eigenvalue weighted by molar-refractivity contribution is -0.134. The Hall–Kier alpha value is -2.70. The molecule has 2 aliphatic rings. The fourth-order valence-corrected chi connectivity index (χ4v) is 4.56. The maximum Gasteiger partial charge on any atom is 0.222 e. The van der Waals surface area contributed by atoms with Gasteiger partial charge in [-0.2, -0.15) is 5.10 Å². The predicted octanol–water partition coefficient (Wildman–Crippen LogP) is 2.66. The zero-order chi connectivity index (χ0) is 20.8. The first-order valence-corrected chi connectivity index (χ1v) is 11.1. The Kier molecular flexibility index (Phi) is 6.77. The number of benzene rings is 1. The van der Waals surface area contributed by atoms with E-state index in [2.05, 4.69) is 34.3 Å². The van der Waals surface area contributed by atoms with Crippen LogP contribution in [0, 0.1) is 5.92 Å². The Morgan fingerprint density at radius 2 is 1.73 bits per heavy atom. The normalized spacial score (nSPS) is 17.1. The van der Waals surface area contributed by atoms with Gasteiger partial charge in [0.2, 0.25) is 11.8 Å². The van der Waals surface area contributed by atoms with Gasteiger partial charge in [0.25, 0.3) is 0 Å².